The minimum atomic E-state index is -0.559. The van der Waals surface area contributed by atoms with Crippen LogP contribution in [0, 0.1) is 12.3 Å². The minimum absolute atomic E-state index is 0. The molecule has 0 saturated carbocycles. The van der Waals surface area contributed by atoms with Crippen molar-refractivity contribution < 1.29 is 14.6 Å². The van der Waals surface area contributed by atoms with Crippen molar-refractivity contribution in [2.24, 2.45) is 11.1 Å². The van der Waals surface area contributed by atoms with Crippen molar-refractivity contribution in [1.29, 1.82) is 0 Å². The van der Waals surface area contributed by atoms with Gasteiger partial charge in [-0.1, -0.05) is 13.0 Å². The van der Waals surface area contributed by atoms with E-state index in [0.29, 0.717) is 25.3 Å². The van der Waals surface area contributed by atoms with Gasteiger partial charge >= 0.3 is 5.97 Å². The van der Waals surface area contributed by atoms with Gasteiger partial charge in [0.25, 0.3) is 0 Å². The van der Waals surface area contributed by atoms with Gasteiger partial charge in [-0.15, -0.1) is 12.4 Å². The van der Waals surface area contributed by atoms with E-state index in [9.17, 15) is 9.90 Å². The Balaban J connectivity index is 0.00000208. The average Bonchev–Trinajstić information content (AvgIpc) is 2.90. The van der Waals surface area contributed by atoms with Crippen molar-refractivity contribution in [3.8, 4) is 0 Å². The van der Waals surface area contributed by atoms with Crippen LogP contribution in [0.3, 0.4) is 0 Å². The standard InChI is InChI=1S/C18H26N2O3.ClH/c1-12-13(4-5-14-15(12)9-23-17(14)22)16(21)8-20-7-3-6-18(2,10-19)11-20;/h4-5,16,21H,3,6-11,19H2,1-2H3;1H. The highest BCUT2D eigenvalue weighted by Gasteiger charge is 2.31. The number of fused-ring (bicyclic) bond motifs is 1. The van der Waals surface area contributed by atoms with Gasteiger partial charge in [-0.05, 0) is 55.5 Å². The average molecular weight is 355 g/mol. The summed E-state index contributed by atoms with van der Waals surface area (Å²) >= 11 is 0. The molecule has 0 amide bonds. The molecule has 1 fully saturated rings. The van der Waals surface area contributed by atoms with E-state index in [1.807, 2.05) is 13.0 Å². The van der Waals surface area contributed by atoms with Gasteiger partial charge < -0.3 is 15.6 Å². The summed E-state index contributed by atoms with van der Waals surface area (Å²) in [5.74, 6) is -0.265. The summed E-state index contributed by atoms with van der Waals surface area (Å²) in [6.45, 7) is 7.69. The molecular formula is C18H27ClN2O3. The van der Waals surface area contributed by atoms with Crippen LogP contribution in [0.25, 0.3) is 0 Å². The first-order chi connectivity index (χ1) is 10.9. The summed E-state index contributed by atoms with van der Waals surface area (Å²) in [5, 5.41) is 10.7. The molecule has 0 aliphatic carbocycles. The molecule has 0 bridgehead atoms. The quantitative estimate of drug-likeness (QED) is 0.810. The number of carbonyl (C=O) groups is 1. The van der Waals surface area contributed by atoms with Crippen molar-refractivity contribution >= 4 is 18.4 Å². The molecule has 24 heavy (non-hydrogen) atoms. The first kappa shape index (κ1) is 19.2. The van der Waals surface area contributed by atoms with Crippen molar-refractivity contribution in [1.82, 2.24) is 4.90 Å². The summed E-state index contributed by atoms with van der Waals surface area (Å²) in [7, 11) is 0. The number of ether oxygens (including phenoxy) is 1. The number of β-amino-alcohol motifs (C(OH)–C–C–N with tert-alkyl or cyclic N) is 1. The lowest BCUT2D eigenvalue weighted by atomic mass is 9.82. The molecule has 2 aliphatic heterocycles. The van der Waals surface area contributed by atoms with Crippen LogP contribution in [0.15, 0.2) is 12.1 Å². The van der Waals surface area contributed by atoms with Gasteiger partial charge in [0.1, 0.15) is 6.61 Å². The summed E-state index contributed by atoms with van der Waals surface area (Å²) in [6.07, 6.45) is 1.70. The number of nitrogens with zero attached hydrogens (tertiary/aromatic N) is 1. The maximum absolute atomic E-state index is 11.6. The number of cyclic esters (lactones) is 1. The number of rotatable bonds is 4. The maximum atomic E-state index is 11.6. The predicted octanol–water partition coefficient (Wildman–Crippen LogP) is 2.18. The predicted molar refractivity (Wildman–Crippen MR) is 95.3 cm³/mol. The van der Waals surface area contributed by atoms with E-state index in [1.165, 1.54) is 0 Å². The molecule has 2 heterocycles. The number of carbonyl (C=O) groups excluding carboxylic acids is 1. The number of nitrogens with two attached hydrogens (primary N) is 1. The molecule has 0 radical (unpaired) electrons. The molecule has 134 valence electrons. The molecule has 2 atom stereocenters. The molecule has 5 nitrogen and oxygen atoms in total. The number of halogens is 1. The number of aliphatic hydroxyl groups is 1. The molecule has 2 unspecified atom stereocenters. The fraction of sp³-hybridized carbons (Fsp3) is 0.611. The van der Waals surface area contributed by atoms with Crippen LogP contribution in [0.1, 0.15) is 52.9 Å². The molecule has 2 aliphatic rings. The van der Waals surface area contributed by atoms with Crippen molar-refractivity contribution in [2.45, 2.75) is 39.4 Å². The van der Waals surface area contributed by atoms with Crippen LogP contribution in [-0.4, -0.2) is 42.2 Å². The normalized spacial score (nSPS) is 24.9. The molecule has 0 aromatic heterocycles. The van der Waals surface area contributed by atoms with E-state index in [1.54, 1.807) is 6.07 Å². The maximum Gasteiger partial charge on any atom is 0.338 e. The fourth-order valence-electron chi connectivity index (χ4n) is 3.82. The van der Waals surface area contributed by atoms with Gasteiger partial charge in [0.2, 0.25) is 0 Å². The SMILES string of the molecule is Cc1c(C(O)CN2CCCC(C)(CN)C2)ccc2c1COC2=O.Cl. The van der Waals surface area contributed by atoms with Crippen LogP contribution < -0.4 is 5.73 Å². The first-order valence-electron chi connectivity index (χ1n) is 8.33. The van der Waals surface area contributed by atoms with E-state index in [-0.39, 0.29) is 23.8 Å². The Kier molecular flexibility index (Phi) is 5.91. The second kappa shape index (κ2) is 7.40. The largest absolute Gasteiger partial charge is 0.457 e. The van der Waals surface area contributed by atoms with Crippen LogP contribution >= 0.6 is 12.4 Å². The van der Waals surface area contributed by atoms with Crippen LogP contribution in [0.5, 0.6) is 0 Å². The highest BCUT2D eigenvalue weighted by atomic mass is 35.5. The topological polar surface area (TPSA) is 75.8 Å². The molecule has 3 N–H and O–H groups in total. The Morgan fingerprint density at radius 3 is 2.92 bits per heavy atom. The van der Waals surface area contributed by atoms with Gasteiger partial charge in [0, 0.05) is 18.7 Å². The number of benzene rings is 1. The molecule has 3 rings (SSSR count). The molecule has 1 aromatic carbocycles. The Hall–Kier alpha value is -1.14. The molecule has 0 spiro atoms. The molecule has 6 heteroatoms. The summed E-state index contributed by atoms with van der Waals surface area (Å²) in [6, 6.07) is 3.63. The zero-order chi connectivity index (χ0) is 16.6. The number of piperidine rings is 1. The van der Waals surface area contributed by atoms with E-state index < -0.39 is 6.10 Å². The van der Waals surface area contributed by atoms with Gasteiger partial charge in [-0.2, -0.15) is 0 Å². The van der Waals surface area contributed by atoms with Gasteiger partial charge in [0.05, 0.1) is 11.7 Å². The van der Waals surface area contributed by atoms with E-state index in [2.05, 4.69) is 11.8 Å². The van der Waals surface area contributed by atoms with Gasteiger partial charge in [-0.25, -0.2) is 4.79 Å². The minimum Gasteiger partial charge on any atom is -0.457 e. The van der Waals surface area contributed by atoms with Crippen molar-refractivity contribution in [3.05, 3.63) is 34.4 Å². The number of aliphatic hydroxyl groups excluding tert-OH is 1. The second-order valence-electron chi connectivity index (χ2n) is 7.25. The summed E-state index contributed by atoms with van der Waals surface area (Å²) in [4.78, 5) is 13.9. The van der Waals surface area contributed by atoms with Gasteiger partial charge in [0.15, 0.2) is 0 Å². The lowest BCUT2D eigenvalue weighted by molar-refractivity contribution is 0.0535. The summed E-state index contributed by atoms with van der Waals surface area (Å²) in [5.41, 5.74) is 9.46. The lowest BCUT2D eigenvalue weighted by Crippen LogP contribution is -2.46. The smallest absolute Gasteiger partial charge is 0.338 e. The zero-order valence-corrected chi connectivity index (χ0v) is 15.2. The first-order valence-corrected chi connectivity index (χ1v) is 8.33. The Morgan fingerprint density at radius 1 is 1.46 bits per heavy atom. The Bertz CT molecular complexity index is 623. The number of hydrogen-bond acceptors (Lipinski definition) is 5. The lowest BCUT2D eigenvalue weighted by Gasteiger charge is -2.40. The Labute approximate surface area is 149 Å². The highest BCUT2D eigenvalue weighted by molar-refractivity contribution is 5.93. The van der Waals surface area contributed by atoms with E-state index in [0.717, 1.165) is 42.6 Å². The zero-order valence-electron chi connectivity index (χ0n) is 14.4. The monoisotopic (exact) mass is 354 g/mol. The van der Waals surface area contributed by atoms with E-state index >= 15 is 0 Å². The second-order valence-corrected chi connectivity index (χ2v) is 7.25. The van der Waals surface area contributed by atoms with Crippen molar-refractivity contribution in [2.75, 3.05) is 26.2 Å². The van der Waals surface area contributed by atoms with Crippen LogP contribution in [0.2, 0.25) is 0 Å². The highest BCUT2D eigenvalue weighted by Crippen LogP contribution is 2.32. The van der Waals surface area contributed by atoms with Crippen molar-refractivity contribution in [3.63, 3.8) is 0 Å². The van der Waals surface area contributed by atoms with Crippen LogP contribution in [0.4, 0.5) is 0 Å². The number of esters is 1. The third-order valence-corrected chi connectivity index (χ3v) is 5.35. The Morgan fingerprint density at radius 2 is 2.21 bits per heavy atom. The fourth-order valence-corrected chi connectivity index (χ4v) is 3.82. The summed E-state index contributed by atoms with van der Waals surface area (Å²) < 4.78 is 5.09. The number of hydrogen-bond donors (Lipinski definition) is 2. The van der Waals surface area contributed by atoms with E-state index in [4.69, 9.17) is 10.5 Å². The third-order valence-electron chi connectivity index (χ3n) is 5.35. The van der Waals surface area contributed by atoms with Gasteiger partial charge in [-0.3, -0.25) is 4.90 Å². The third kappa shape index (κ3) is 3.59. The molecular weight excluding hydrogens is 328 g/mol. The molecule has 1 aromatic rings. The van der Waals surface area contributed by atoms with Crippen LogP contribution in [-0.2, 0) is 11.3 Å². The number of likely N-dealkylation sites (tertiary alicyclic amines) is 1. The molecule has 1 saturated heterocycles.